The Morgan fingerprint density at radius 3 is 1.67 bits per heavy atom. The van der Waals surface area contributed by atoms with E-state index < -0.39 is 60.1 Å². The highest BCUT2D eigenvalue weighted by molar-refractivity contribution is 6.13. The van der Waals surface area contributed by atoms with E-state index >= 15 is 0 Å². The molecule has 14 nitrogen and oxygen atoms in total. The van der Waals surface area contributed by atoms with Crippen molar-refractivity contribution in [1.29, 1.82) is 0 Å². The minimum atomic E-state index is -0.723. The lowest BCUT2D eigenvalue weighted by Gasteiger charge is -2.18. The van der Waals surface area contributed by atoms with Gasteiger partial charge in [0.05, 0.1) is 34.8 Å². The SMILES string of the molecule is CC(=O)OC[C@H]1O[C@@H](n2c3ccccc3c3cc4ccc(=O)oc4cc32)CC1OC(C)=O.O=c1ccc2cc3c4ccccc4n([C@H]4CC(O)[C@@H](CO)O4)c3cc2o1. The minimum Gasteiger partial charge on any atom is -0.463 e. The lowest BCUT2D eigenvalue weighted by molar-refractivity contribution is -0.155. The molecule has 4 aromatic carbocycles. The van der Waals surface area contributed by atoms with Gasteiger partial charge in [-0.2, -0.15) is 0 Å². The quantitative estimate of drug-likeness (QED) is 0.144. The van der Waals surface area contributed by atoms with E-state index in [1.54, 1.807) is 12.1 Å². The van der Waals surface area contributed by atoms with Gasteiger partial charge in [0.2, 0.25) is 0 Å². The molecule has 2 aliphatic rings. The van der Waals surface area contributed by atoms with Gasteiger partial charge in [-0.15, -0.1) is 0 Å². The average Bonchev–Trinajstić information content (AvgIpc) is 3.95. The van der Waals surface area contributed by atoms with E-state index in [4.69, 9.17) is 27.8 Å². The average molecular weight is 787 g/mol. The van der Waals surface area contributed by atoms with Crippen molar-refractivity contribution >= 4 is 77.5 Å². The van der Waals surface area contributed by atoms with Crippen LogP contribution in [0.4, 0.5) is 0 Å². The van der Waals surface area contributed by atoms with Crippen molar-refractivity contribution in [2.45, 2.75) is 63.6 Å². The number of rotatable bonds is 6. The highest BCUT2D eigenvalue weighted by Gasteiger charge is 2.40. The molecule has 2 N–H and O–H groups in total. The van der Waals surface area contributed by atoms with Gasteiger partial charge in [-0.05, 0) is 36.4 Å². The number of aliphatic hydroxyl groups is 2. The highest BCUT2D eigenvalue weighted by Crippen LogP contribution is 2.41. The van der Waals surface area contributed by atoms with Crippen LogP contribution in [0.3, 0.4) is 0 Å². The van der Waals surface area contributed by atoms with Gasteiger partial charge in [0.1, 0.15) is 48.5 Å². The smallest absolute Gasteiger partial charge is 0.336 e. The summed E-state index contributed by atoms with van der Waals surface area (Å²) in [5.74, 6) is -0.862. The molecule has 14 heteroatoms. The van der Waals surface area contributed by atoms with Crippen LogP contribution in [-0.4, -0.2) is 68.9 Å². The number of aliphatic hydroxyl groups excluding tert-OH is 2. The van der Waals surface area contributed by atoms with Gasteiger partial charge >= 0.3 is 23.2 Å². The molecule has 6 heterocycles. The zero-order chi connectivity index (χ0) is 40.2. The number of benzene rings is 4. The third kappa shape index (κ3) is 6.69. The fourth-order valence-corrected chi connectivity index (χ4v) is 8.32. The lowest BCUT2D eigenvalue weighted by atomic mass is 10.1. The first-order chi connectivity index (χ1) is 28.1. The molecule has 2 aliphatic heterocycles. The molecule has 8 aromatic rings. The Morgan fingerprint density at radius 1 is 0.655 bits per heavy atom. The van der Waals surface area contributed by atoms with Crippen LogP contribution in [0.5, 0.6) is 0 Å². The molecule has 0 amide bonds. The van der Waals surface area contributed by atoms with E-state index in [1.807, 2.05) is 81.9 Å². The molecule has 2 fully saturated rings. The Kier molecular flexibility index (Phi) is 9.56. The Bertz CT molecular complexity index is 3010. The van der Waals surface area contributed by atoms with Crippen LogP contribution in [0.2, 0.25) is 0 Å². The monoisotopic (exact) mass is 786 g/mol. The van der Waals surface area contributed by atoms with Gasteiger partial charge in [0.15, 0.2) is 0 Å². The van der Waals surface area contributed by atoms with E-state index in [0.29, 0.717) is 24.0 Å². The maximum atomic E-state index is 11.8. The predicted molar refractivity (Wildman–Crippen MR) is 213 cm³/mol. The summed E-state index contributed by atoms with van der Waals surface area (Å²) in [5.41, 5.74) is 3.75. The van der Waals surface area contributed by atoms with E-state index in [-0.39, 0.29) is 13.2 Å². The summed E-state index contributed by atoms with van der Waals surface area (Å²) < 4.78 is 37.5. The number of ether oxygens (including phenoxy) is 4. The standard InChI is InChI=1S/C24H21NO7.C20H17NO5/c1-13(26)29-12-22-21(30-14(2)27)11-23(31-22)25-18-6-4-3-5-16(18)17-9-15-7-8-24(28)32-20(15)10-19(17)25;22-10-18-16(23)9-19(25-18)21-14-4-2-1-3-12(14)13-7-11-5-6-20(24)26-17(11)8-15(13)21/h3-10,21-23H,11-12H2,1-2H3;1-8,16,18-19,22-23H,9-10H2/t21?,22-,23-;16?,18-,19-/m11/s1. The van der Waals surface area contributed by atoms with Crippen LogP contribution in [0.1, 0.15) is 39.1 Å². The number of nitrogens with zero attached hydrogens (tertiary/aromatic N) is 2. The van der Waals surface area contributed by atoms with Crippen molar-refractivity contribution in [2.24, 2.45) is 0 Å². The van der Waals surface area contributed by atoms with Crippen LogP contribution < -0.4 is 11.3 Å². The van der Waals surface area contributed by atoms with Crippen LogP contribution in [0, 0.1) is 0 Å². The predicted octanol–water partition coefficient (Wildman–Crippen LogP) is 6.22. The summed E-state index contributed by atoms with van der Waals surface area (Å²) in [6.07, 6.45) is -2.60. The van der Waals surface area contributed by atoms with Crippen LogP contribution >= 0.6 is 0 Å². The number of aromatic nitrogens is 2. The molecule has 10 rings (SSSR count). The summed E-state index contributed by atoms with van der Waals surface area (Å²) in [7, 11) is 0. The van der Waals surface area contributed by atoms with Crippen molar-refractivity contribution in [2.75, 3.05) is 13.2 Å². The molecular weight excluding hydrogens is 748 g/mol. The van der Waals surface area contributed by atoms with Gasteiger partial charge in [0.25, 0.3) is 0 Å². The highest BCUT2D eigenvalue weighted by atomic mass is 16.6. The zero-order valence-electron chi connectivity index (χ0n) is 31.4. The third-order valence-electron chi connectivity index (χ3n) is 10.8. The molecule has 0 saturated carbocycles. The molecule has 0 radical (unpaired) electrons. The van der Waals surface area contributed by atoms with E-state index in [2.05, 4.69) is 0 Å². The maximum absolute atomic E-state index is 11.8. The first kappa shape index (κ1) is 37.3. The van der Waals surface area contributed by atoms with E-state index in [1.165, 1.54) is 26.0 Å². The number of carbonyl (C=O) groups excluding carboxylic acids is 2. The fraction of sp³-hybridized carbons (Fsp3) is 0.273. The first-order valence-electron chi connectivity index (χ1n) is 18.9. The number of para-hydroxylation sites is 2. The van der Waals surface area contributed by atoms with Crippen molar-refractivity contribution < 1.29 is 47.6 Å². The fourth-order valence-electron chi connectivity index (χ4n) is 8.32. The summed E-state index contributed by atoms with van der Waals surface area (Å²) in [6.45, 7) is 2.41. The van der Waals surface area contributed by atoms with Crippen LogP contribution in [0.25, 0.3) is 65.6 Å². The number of hydrogen-bond acceptors (Lipinski definition) is 12. The summed E-state index contributed by atoms with van der Waals surface area (Å²) >= 11 is 0. The Hall–Kier alpha value is -6.32. The van der Waals surface area contributed by atoms with Gasteiger partial charge in [-0.25, -0.2) is 9.59 Å². The van der Waals surface area contributed by atoms with Gasteiger partial charge in [-0.3, -0.25) is 9.59 Å². The van der Waals surface area contributed by atoms with E-state index in [9.17, 15) is 29.4 Å². The van der Waals surface area contributed by atoms with Gasteiger partial charge in [-0.1, -0.05) is 36.4 Å². The van der Waals surface area contributed by atoms with E-state index in [0.717, 1.165) is 54.4 Å². The molecule has 0 spiro atoms. The molecular formula is C44H38N2O12. The van der Waals surface area contributed by atoms with Gasteiger partial charge < -0.3 is 47.1 Å². The molecule has 6 atom stereocenters. The molecule has 0 aliphatic carbocycles. The third-order valence-corrected chi connectivity index (χ3v) is 10.8. The second-order valence-electron chi connectivity index (χ2n) is 14.5. The lowest BCUT2D eigenvalue weighted by Crippen LogP contribution is -2.31. The van der Waals surface area contributed by atoms with Crippen LogP contribution in [0.15, 0.2) is 115 Å². The van der Waals surface area contributed by atoms with Crippen LogP contribution in [-0.2, 0) is 28.5 Å². The number of fused-ring (bicyclic) bond motifs is 8. The topological polar surface area (TPSA) is 182 Å². The molecule has 58 heavy (non-hydrogen) atoms. The normalized spacial score (nSPS) is 21.9. The van der Waals surface area contributed by atoms with Crippen molar-refractivity contribution in [3.8, 4) is 0 Å². The summed E-state index contributed by atoms with van der Waals surface area (Å²) in [4.78, 5) is 46.3. The van der Waals surface area contributed by atoms with Crippen molar-refractivity contribution in [3.05, 3.63) is 118 Å². The summed E-state index contributed by atoms with van der Waals surface area (Å²) in [5, 5.41) is 25.3. The molecule has 296 valence electrons. The molecule has 2 unspecified atom stereocenters. The van der Waals surface area contributed by atoms with Crippen molar-refractivity contribution in [3.63, 3.8) is 0 Å². The minimum absolute atomic E-state index is 0.0152. The molecule has 2 saturated heterocycles. The summed E-state index contributed by atoms with van der Waals surface area (Å²) in [6, 6.07) is 29.8. The number of esters is 2. The maximum Gasteiger partial charge on any atom is 0.336 e. The van der Waals surface area contributed by atoms with Gasteiger partial charge in [0, 0.05) is 83.3 Å². The van der Waals surface area contributed by atoms with Crippen molar-refractivity contribution in [1.82, 2.24) is 9.13 Å². The molecule has 0 bridgehead atoms. The Balaban J connectivity index is 0.000000153. The zero-order valence-corrected chi connectivity index (χ0v) is 31.4. The largest absolute Gasteiger partial charge is 0.463 e. The number of hydrogen-bond donors (Lipinski definition) is 2. The second-order valence-corrected chi connectivity index (χ2v) is 14.5. The molecule has 4 aromatic heterocycles. The number of carbonyl (C=O) groups is 2. The first-order valence-corrected chi connectivity index (χ1v) is 18.9. The Morgan fingerprint density at radius 2 is 1.17 bits per heavy atom. The second kappa shape index (κ2) is 14.9. The Labute approximate surface area is 328 Å².